The number of carbonyl (C=O) groups excluding carboxylic acids is 2. The lowest BCUT2D eigenvalue weighted by molar-refractivity contribution is -0.151. The Bertz CT molecular complexity index is 916. The highest BCUT2D eigenvalue weighted by molar-refractivity contribution is 5.76. The van der Waals surface area contributed by atoms with Crippen LogP contribution in [0.1, 0.15) is 72.6 Å². The fraction of sp³-hybridized carbons (Fsp3) is 0.750. The molecule has 226 valence electrons. The van der Waals surface area contributed by atoms with E-state index in [0.717, 1.165) is 64.1 Å². The molecule has 0 saturated carbocycles. The molecule has 2 saturated heterocycles. The molecule has 3 rings (SSSR count). The Labute approximate surface area is 241 Å². The number of aliphatic hydroxyl groups is 2. The van der Waals surface area contributed by atoms with Gasteiger partial charge in [-0.3, -0.25) is 14.5 Å². The standard InChI is InChI=1S/C32H53N3O5/c1-24(11-14-29(37)35-17-6-7-18-35)9-8-10-25(2)31-26(3)12-13-28(34-21-19-33(5)20-22-34)32(4,39)16-15-27(36)23-30(38)40-31/h8-10,12-13,24,26-28,31,36,39H,6-7,11,14-23H2,1-5H3/b9-8+,13-12+,25-10+/t24-,26+,27+,28+,31-,32+/m1/s1. The van der Waals surface area contributed by atoms with E-state index >= 15 is 0 Å². The number of amides is 1. The molecule has 2 fully saturated rings. The molecule has 3 aliphatic heterocycles. The van der Waals surface area contributed by atoms with Gasteiger partial charge in [0.1, 0.15) is 6.10 Å². The Kier molecular flexibility index (Phi) is 12.4. The van der Waals surface area contributed by atoms with Gasteiger partial charge in [-0.1, -0.05) is 44.2 Å². The Morgan fingerprint density at radius 1 is 1.18 bits per heavy atom. The maximum Gasteiger partial charge on any atom is 0.309 e. The Morgan fingerprint density at radius 3 is 2.52 bits per heavy atom. The predicted molar refractivity (Wildman–Crippen MR) is 159 cm³/mol. The summed E-state index contributed by atoms with van der Waals surface area (Å²) >= 11 is 0. The molecule has 0 aliphatic carbocycles. The quantitative estimate of drug-likeness (QED) is 0.280. The maximum absolute atomic E-state index is 12.8. The van der Waals surface area contributed by atoms with Gasteiger partial charge >= 0.3 is 5.97 Å². The van der Waals surface area contributed by atoms with Crippen LogP contribution in [-0.2, 0) is 14.3 Å². The molecule has 8 heteroatoms. The monoisotopic (exact) mass is 559 g/mol. The molecule has 0 unspecified atom stereocenters. The van der Waals surface area contributed by atoms with Crippen LogP contribution in [0.4, 0.5) is 0 Å². The van der Waals surface area contributed by atoms with Crippen LogP contribution in [0.5, 0.6) is 0 Å². The number of hydrogen-bond donors (Lipinski definition) is 2. The van der Waals surface area contributed by atoms with Crippen molar-refractivity contribution in [2.75, 3.05) is 46.3 Å². The first-order chi connectivity index (χ1) is 19.0. The number of carbonyl (C=O) groups is 2. The van der Waals surface area contributed by atoms with E-state index in [-0.39, 0.29) is 30.2 Å². The molecule has 0 aromatic carbocycles. The third kappa shape index (κ3) is 9.82. The number of nitrogens with zero attached hydrogens (tertiary/aromatic N) is 3. The van der Waals surface area contributed by atoms with Gasteiger partial charge in [0.2, 0.25) is 5.91 Å². The molecule has 1 amide bonds. The molecule has 40 heavy (non-hydrogen) atoms. The number of esters is 1. The molecular formula is C32H53N3O5. The van der Waals surface area contributed by atoms with Crippen LogP contribution in [-0.4, -0.2) is 107 Å². The molecule has 3 aliphatic rings. The largest absolute Gasteiger partial charge is 0.457 e. The highest BCUT2D eigenvalue weighted by Crippen LogP contribution is 2.28. The molecule has 0 radical (unpaired) electrons. The van der Waals surface area contributed by atoms with Gasteiger partial charge in [-0.15, -0.1) is 0 Å². The van der Waals surface area contributed by atoms with Crippen molar-refractivity contribution in [2.45, 2.75) is 96.5 Å². The van der Waals surface area contributed by atoms with Crippen molar-refractivity contribution >= 4 is 11.9 Å². The van der Waals surface area contributed by atoms with E-state index in [2.05, 4.69) is 42.0 Å². The Balaban J connectivity index is 1.71. The highest BCUT2D eigenvalue weighted by Gasteiger charge is 2.37. The van der Waals surface area contributed by atoms with E-state index in [1.807, 2.05) is 37.8 Å². The van der Waals surface area contributed by atoms with E-state index in [4.69, 9.17) is 4.74 Å². The lowest BCUT2D eigenvalue weighted by Crippen LogP contribution is -2.56. The van der Waals surface area contributed by atoms with Crippen LogP contribution >= 0.6 is 0 Å². The number of piperazine rings is 1. The number of rotatable bonds is 7. The summed E-state index contributed by atoms with van der Waals surface area (Å²) in [6.07, 6.45) is 13.1. The van der Waals surface area contributed by atoms with E-state index in [1.54, 1.807) is 0 Å². The minimum atomic E-state index is -1.04. The van der Waals surface area contributed by atoms with Crippen LogP contribution in [0.25, 0.3) is 0 Å². The van der Waals surface area contributed by atoms with Crippen LogP contribution in [0, 0.1) is 11.8 Å². The van der Waals surface area contributed by atoms with E-state index in [1.165, 1.54) is 0 Å². The van der Waals surface area contributed by atoms with Gasteiger partial charge in [0.05, 0.1) is 24.2 Å². The van der Waals surface area contributed by atoms with Crippen molar-refractivity contribution in [3.05, 3.63) is 36.0 Å². The molecule has 0 aromatic rings. The topological polar surface area (TPSA) is 93.5 Å². The lowest BCUT2D eigenvalue weighted by Gasteiger charge is -2.43. The number of aliphatic hydroxyl groups excluding tert-OH is 1. The number of hydrogen-bond acceptors (Lipinski definition) is 7. The normalized spacial score (nSPS) is 33.8. The summed E-state index contributed by atoms with van der Waals surface area (Å²) in [5.41, 5.74) is -0.123. The van der Waals surface area contributed by atoms with Crippen LogP contribution in [0.15, 0.2) is 36.0 Å². The molecule has 8 nitrogen and oxygen atoms in total. The van der Waals surface area contributed by atoms with Crippen molar-refractivity contribution in [2.24, 2.45) is 11.8 Å². The second kappa shape index (κ2) is 15.3. The fourth-order valence-corrected chi connectivity index (χ4v) is 5.97. The number of allylic oxidation sites excluding steroid dienone is 3. The van der Waals surface area contributed by atoms with E-state index in [9.17, 15) is 19.8 Å². The van der Waals surface area contributed by atoms with Gasteiger partial charge in [0, 0.05) is 51.6 Å². The Hall–Kier alpha value is -2.00. The third-order valence-electron chi connectivity index (χ3n) is 8.81. The van der Waals surface area contributed by atoms with E-state index < -0.39 is 23.8 Å². The molecule has 2 N–H and O–H groups in total. The zero-order valence-corrected chi connectivity index (χ0v) is 25.4. The van der Waals surface area contributed by atoms with Gasteiger partial charge in [-0.25, -0.2) is 0 Å². The second-order valence-electron chi connectivity index (χ2n) is 12.6. The van der Waals surface area contributed by atoms with Crippen molar-refractivity contribution in [3.63, 3.8) is 0 Å². The molecular weight excluding hydrogens is 506 g/mol. The van der Waals surface area contributed by atoms with Gasteiger partial charge in [0.25, 0.3) is 0 Å². The van der Waals surface area contributed by atoms with Crippen molar-refractivity contribution in [1.82, 2.24) is 14.7 Å². The zero-order valence-electron chi connectivity index (χ0n) is 25.4. The Morgan fingerprint density at radius 2 is 1.85 bits per heavy atom. The lowest BCUT2D eigenvalue weighted by atomic mass is 9.86. The summed E-state index contributed by atoms with van der Waals surface area (Å²) in [6, 6.07) is -0.195. The van der Waals surface area contributed by atoms with Gasteiger partial charge in [-0.2, -0.15) is 0 Å². The van der Waals surface area contributed by atoms with Crippen LogP contribution in [0.3, 0.4) is 0 Å². The zero-order chi connectivity index (χ0) is 29.3. The van der Waals surface area contributed by atoms with Crippen molar-refractivity contribution in [3.8, 4) is 0 Å². The third-order valence-corrected chi connectivity index (χ3v) is 8.81. The first-order valence-electron chi connectivity index (χ1n) is 15.3. The second-order valence-corrected chi connectivity index (χ2v) is 12.6. The number of ether oxygens (including phenoxy) is 1. The summed E-state index contributed by atoms with van der Waals surface area (Å²) in [5.74, 6) is -0.0414. The fourth-order valence-electron chi connectivity index (χ4n) is 5.97. The average Bonchev–Trinajstić information content (AvgIpc) is 3.45. The number of cyclic esters (lactones) is 1. The maximum atomic E-state index is 12.8. The molecule has 3 heterocycles. The van der Waals surface area contributed by atoms with Crippen molar-refractivity contribution < 1.29 is 24.5 Å². The minimum Gasteiger partial charge on any atom is -0.457 e. The van der Waals surface area contributed by atoms with Crippen LogP contribution < -0.4 is 0 Å². The van der Waals surface area contributed by atoms with Gasteiger partial charge in [-0.05, 0) is 64.5 Å². The number of likely N-dealkylation sites (tertiary alicyclic amines) is 1. The van der Waals surface area contributed by atoms with E-state index in [0.29, 0.717) is 19.3 Å². The summed E-state index contributed by atoms with van der Waals surface area (Å²) in [4.78, 5) is 31.7. The highest BCUT2D eigenvalue weighted by atomic mass is 16.5. The average molecular weight is 560 g/mol. The van der Waals surface area contributed by atoms with Crippen molar-refractivity contribution in [1.29, 1.82) is 0 Å². The van der Waals surface area contributed by atoms with Gasteiger partial charge < -0.3 is 24.7 Å². The summed E-state index contributed by atoms with van der Waals surface area (Å²) in [6.45, 7) is 13.3. The summed E-state index contributed by atoms with van der Waals surface area (Å²) in [7, 11) is 2.11. The van der Waals surface area contributed by atoms with Crippen LogP contribution in [0.2, 0.25) is 0 Å². The van der Waals surface area contributed by atoms with Gasteiger partial charge in [0.15, 0.2) is 0 Å². The molecule has 0 spiro atoms. The predicted octanol–water partition coefficient (Wildman–Crippen LogP) is 3.54. The first-order valence-corrected chi connectivity index (χ1v) is 15.3. The first kappa shape index (κ1) is 32.5. The SMILES string of the molecule is C/C(=C\C=C\[C@@H](C)CCC(=O)N1CCCC1)[C@H]1OC(=O)C[C@@H](O)CC[C@](C)(O)[C@@H](N2CCN(C)CC2)/C=C/[C@@H]1C. The molecule has 0 bridgehead atoms. The minimum absolute atomic E-state index is 0.0899. The smallest absolute Gasteiger partial charge is 0.309 e. The summed E-state index contributed by atoms with van der Waals surface area (Å²) in [5, 5.41) is 22.1. The number of likely N-dealkylation sites (N-methyl/N-ethyl adjacent to an activating group) is 1. The summed E-state index contributed by atoms with van der Waals surface area (Å²) < 4.78 is 5.92. The molecule has 6 atom stereocenters. The molecule has 0 aromatic heterocycles.